The summed E-state index contributed by atoms with van der Waals surface area (Å²) in [6, 6.07) is -0.893. The van der Waals surface area contributed by atoms with Crippen molar-refractivity contribution in [1.82, 2.24) is 26.6 Å². The van der Waals surface area contributed by atoms with Crippen molar-refractivity contribution in [3.63, 3.8) is 0 Å². The molecule has 0 saturated carbocycles. The van der Waals surface area contributed by atoms with Crippen LogP contribution in [0.2, 0.25) is 0 Å². The van der Waals surface area contributed by atoms with E-state index in [9.17, 15) is 24.0 Å². The van der Waals surface area contributed by atoms with E-state index in [1.165, 1.54) is 21.6 Å². The molecule has 1 aliphatic rings. The van der Waals surface area contributed by atoms with E-state index in [0.29, 0.717) is 0 Å². The standard InChI is InChI=1S/C13H22N6O5S2/c1-7-18-12(23)5-16-10(21)3-15-11(22)4-17-13(24)8(6-25-26-7)19-9(20)2-14/h7-8H,2-6,14H2,1H3,(H,15,22)(H,16,21)(H,17,24)(H,18,23)(H,19,20). The predicted octanol–water partition coefficient (Wildman–Crippen LogP) is -3.36. The van der Waals surface area contributed by atoms with Gasteiger partial charge in [-0.05, 0) is 6.92 Å². The Hall–Kier alpha value is -1.99. The largest absolute Gasteiger partial charge is 0.346 e. The molecule has 1 fully saturated rings. The smallest absolute Gasteiger partial charge is 0.243 e. The minimum atomic E-state index is -0.893. The molecule has 7 N–H and O–H groups in total. The van der Waals surface area contributed by atoms with E-state index in [1.807, 2.05) is 0 Å². The maximum atomic E-state index is 12.2. The van der Waals surface area contributed by atoms with Gasteiger partial charge < -0.3 is 32.3 Å². The highest BCUT2D eigenvalue weighted by atomic mass is 33.1. The first-order valence-electron chi connectivity index (χ1n) is 7.70. The van der Waals surface area contributed by atoms with Crippen molar-refractivity contribution in [1.29, 1.82) is 0 Å². The first kappa shape index (κ1) is 22.1. The topological polar surface area (TPSA) is 172 Å². The Kier molecular flexibility index (Phi) is 9.83. The highest BCUT2D eigenvalue weighted by Gasteiger charge is 2.22. The van der Waals surface area contributed by atoms with E-state index in [-0.39, 0.29) is 43.2 Å². The zero-order chi connectivity index (χ0) is 19.5. The lowest BCUT2D eigenvalue weighted by atomic mass is 10.3. The number of rotatable bonds is 2. The van der Waals surface area contributed by atoms with Crippen LogP contribution in [-0.2, 0) is 24.0 Å². The summed E-state index contributed by atoms with van der Waals surface area (Å²) in [4.78, 5) is 58.6. The lowest BCUT2D eigenvalue weighted by Gasteiger charge is -2.19. The number of carbonyl (C=O) groups is 5. The van der Waals surface area contributed by atoms with Gasteiger partial charge in [0, 0.05) is 5.75 Å². The molecule has 1 saturated heterocycles. The van der Waals surface area contributed by atoms with Gasteiger partial charge in [0.25, 0.3) is 0 Å². The van der Waals surface area contributed by atoms with Gasteiger partial charge >= 0.3 is 0 Å². The lowest BCUT2D eigenvalue weighted by Crippen LogP contribution is -2.52. The second-order valence-corrected chi connectivity index (χ2v) is 7.94. The fourth-order valence-electron chi connectivity index (χ4n) is 1.72. The average Bonchev–Trinajstić information content (AvgIpc) is 2.60. The number of carbonyl (C=O) groups excluding carboxylic acids is 5. The van der Waals surface area contributed by atoms with Crippen LogP contribution >= 0.6 is 21.6 Å². The Morgan fingerprint density at radius 3 is 2.27 bits per heavy atom. The molecule has 26 heavy (non-hydrogen) atoms. The summed E-state index contributed by atoms with van der Waals surface area (Å²) in [5.74, 6) is -2.35. The van der Waals surface area contributed by atoms with E-state index in [2.05, 4.69) is 26.6 Å². The second kappa shape index (κ2) is 11.6. The second-order valence-electron chi connectivity index (χ2n) is 5.19. The summed E-state index contributed by atoms with van der Waals surface area (Å²) >= 11 is 0. The number of nitrogens with two attached hydrogens (primary N) is 1. The van der Waals surface area contributed by atoms with E-state index in [4.69, 9.17) is 5.73 Å². The van der Waals surface area contributed by atoms with Gasteiger partial charge in [0.2, 0.25) is 29.5 Å². The van der Waals surface area contributed by atoms with E-state index >= 15 is 0 Å². The lowest BCUT2D eigenvalue weighted by molar-refractivity contribution is -0.130. The third-order valence-corrected chi connectivity index (χ3v) is 5.66. The summed E-state index contributed by atoms with van der Waals surface area (Å²) in [5.41, 5.74) is 5.24. The van der Waals surface area contributed by atoms with Gasteiger partial charge in [-0.3, -0.25) is 24.0 Å². The van der Waals surface area contributed by atoms with Crippen molar-refractivity contribution in [3.05, 3.63) is 0 Å². The summed E-state index contributed by atoms with van der Waals surface area (Å²) in [6.07, 6.45) is 0. The highest BCUT2D eigenvalue weighted by molar-refractivity contribution is 8.76. The van der Waals surface area contributed by atoms with Gasteiger partial charge in [-0.15, -0.1) is 0 Å². The van der Waals surface area contributed by atoms with Crippen LogP contribution in [-0.4, -0.2) is 72.9 Å². The maximum Gasteiger partial charge on any atom is 0.243 e. The fourth-order valence-corrected chi connectivity index (χ4v) is 3.95. The van der Waals surface area contributed by atoms with Crippen LogP contribution in [0.1, 0.15) is 6.92 Å². The number of amides is 5. The number of hydrogen-bond acceptors (Lipinski definition) is 8. The molecule has 0 aromatic carbocycles. The molecule has 2 unspecified atom stereocenters. The first-order valence-corrected chi connectivity index (χ1v) is 10.1. The van der Waals surface area contributed by atoms with Crippen LogP contribution in [0.5, 0.6) is 0 Å². The molecule has 146 valence electrons. The summed E-state index contributed by atoms with van der Waals surface area (Å²) < 4.78 is 0. The van der Waals surface area contributed by atoms with Crippen LogP contribution in [0.15, 0.2) is 0 Å². The SMILES string of the molecule is CC1NC(=O)CNC(=O)CNC(=O)CNC(=O)C(NC(=O)CN)CSS1. The van der Waals surface area contributed by atoms with Gasteiger partial charge in [-0.25, -0.2) is 0 Å². The van der Waals surface area contributed by atoms with Gasteiger partial charge in [-0.2, -0.15) is 0 Å². The zero-order valence-corrected chi connectivity index (χ0v) is 15.8. The molecule has 2 atom stereocenters. The van der Waals surface area contributed by atoms with Crippen LogP contribution in [0.4, 0.5) is 0 Å². The fraction of sp³-hybridized carbons (Fsp3) is 0.615. The summed E-state index contributed by atoms with van der Waals surface area (Å²) in [5, 5.41) is 11.9. The van der Waals surface area contributed by atoms with Crippen molar-refractivity contribution in [2.45, 2.75) is 18.3 Å². The van der Waals surface area contributed by atoms with Gasteiger partial charge in [0.15, 0.2) is 0 Å². The summed E-state index contributed by atoms with van der Waals surface area (Å²) in [7, 11) is 2.55. The Balaban J connectivity index is 2.74. The van der Waals surface area contributed by atoms with Gasteiger partial charge in [0.1, 0.15) is 6.04 Å². The van der Waals surface area contributed by atoms with Gasteiger partial charge in [-0.1, -0.05) is 21.6 Å². The Bertz CT molecular complexity index is 561. The Morgan fingerprint density at radius 1 is 1.08 bits per heavy atom. The van der Waals surface area contributed by atoms with Crippen LogP contribution in [0.3, 0.4) is 0 Å². The molecule has 1 rings (SSSR count). The minimum Gasteiger partial charge on any atom is -0.346 e. The maximum absolute atomic E-state index is 12.2. The monoisotopic (exact) mass is 406 g/mol. The molecule has 1 aliphatic heterocycles. The van der Waals surface area contributed by atoms with Gasteiger partial charge in [0.05, 0.1) is 31.6 Å². The Labute approximate surface area is 158 Å². The predicted molar refractivity (Wildman–Crippen MR) is 97.7 cm³/mol. The molecule has 1 heterocycles. The van der Waals surface area contributed by atoms with Crippen molar-refractivity contribution in [3.8, 4) is 0 Å². The summed E-state index contributed by atoms with van der Waals surface area (Å²) in [6.45, 7) is 0.583. The Morgan fingerprint density at radius 2 is 1.65 bits per heavy atom. The molecule has 0 aromatic rings. The normalized spacial score (nSPS) is 23.9. The first-order chi connectivity index (χ1) is 12.3. The van der Waals surface area contributed by atoms with E-state index < -0.39 is 29.7 Å². The number of hydrogen-bond donors (Lipinski definition) is 6. The molecule has 5 amide bonds. The third-order valence-electron chi connectivity index (χ3n) is 2.96. The molecular weight excluding hydrogens is 384 g/mol. The molecule has 0 aliphatic carbocycles. The minimum absolute atomic E-state index is 0.209. The zero-order valence-electron chi connectivity index (χ0n) is 14.1. The molecule has 0 spiro atoms. The third kappa shape index (κ3) is 8.92. The molecule has 13 heteroatoms. The van der Waals surface area contributed by atoms with Crippen molar-refractivity contribution >= 4 is 51.1 Å². The van der Waals surface area contributed by atoms with Crippen LogP contribution in [0.25, 0.3) is 0 Å². The molecular formula is C13H22N6O5S2. The quantitative estimate of drug-likeness (QED) is 0.258. The molecule has 0 aromatic heterocycles. The van der Waals surface area contributed by atoms with Crippen LogP contribution in [0, 0.1) is 0 Å². The van der Waals surface area contributed by atoms with Crippen molar-refractivity contribution in [2.24, 2.45) is 5.73 Å². The number of nitrogens with one attached hydrogen (secondary N) is 5. The highest BCUT2D eigenvalue weighted by Crippen LogP contribution is 2.25. The van der Waals surface area contributed by atoms with E-state index in [1.54, 1.807) is 6.92 Å². The molecule has 0 bridgehead atoms. The van der Waals surface area contributed by atoms with Crippen molar-refractivity contribution < 1.29 is 24.0 Å². The molecule has 11 nitrogen and oxygen atoms in total. The van der Waals surface area contributed by atoms with E-state index in [0.717, 1.165) is 0 Å². The van der Waals surface area contributed by atoms with Crippen molar-refractivity contribution in [2.75, 3.05) is 31.9 Å². The average molecular weight is 406 g/mol. The van der Waals surface area contributed by atoms with Crippen LogP contribution < -0.4 is 32.3 Å². The molecule has 0 radical (unpaired) electrons.